The molecule has 6 nitrogen and oxygen atoms in total. The molecule has 4 N–H and O–H groups in total. The highest BCUT2D eigenvalue weighted by atomic mass is 35.5. The molecule has 0 unspecified atom stereocenters. The van der Waals surface area contributed by atoms with Crippen molar-refractivity contribution in [2.75, 3.05) is 5.88 Å². The number of halogens is 4. The average molecular weight is 408 g/mol. The molecule has 2 aromatic rings. The first-order chi connectivity index (χ1) is 12.0. The lowest BCUT2D eigenvalue weighted by atomic mass is 10.1. The predicted octanol–water partition coefficient (Wildman–Crippen LogP) is 3.37. The highest BCUT2D eigenvalue weighted by molar-refractivity contribution is 7.89. The molecule has 0 amide bonds. The fourth-order valence-corrected chi connectivity index (χ4v) is 2.49. The van der Waals surface area contributed by atoms with E-state index in [1.807, 2.05) is 0 Å². The SMILES string of the molecule is NC(CCl)=Nc1ccc(Oc2ccc(S(N)(=O)=O)cc2)c(C(F)(F)F)c1. The number of amidine groups is 1. The van der Waals surface area contributed by atoms with Crippen molar-refractivity contribution >= 4 is 33.1 Å². The predicted molar refractivity (Wildman–Crippen MR) is 91.3 cm³/mol. The second-order valence-corrected chi connectivity index (χ2v) is 6.86. The monoisotopic (exact) mass is 407 g/mol. The zero-order valence-corrected chi connectivity index (χ0v) is 14.6. The normalized spacial score (nSPS) is 12.9. The first kappa shape index (κ1) is 20.0. The number of aliphatic imine (C=N–C) groups is 1. The molecule has 0 heterocycles. The molecule has 0 bridgehead atoms. The van der Waals surface area contributed by atoms with Gasteiger partial charge in [-0.2, -0.15) is 13.2 Å². The van der Waals surface area contributed by atoms with E-state index in [0.717, 1.165) is 24.3 Å². The minimum Gasteiger partial charge on any atom is -0.457 e. The Kier molecular flexibility index (Phi) is 5.79. The number of nitrogens with two attached hydrogens (primary N) is 2. The summed E-state index contributed by atoms with van der Waals surface area (Å²) in [4.78, 5) is 3.57. The Morgan fingerprint density at radius 2 is 1.77 bits per heavy atom. The Balaban J connectivity index is 2.39. The van der Waals surface area contributed by atoms with Crippen molar-refractivity contribution in [2.24, 2.45) is 15.9 Å². The van der Waals surface area contributed by atoms with Gasteiger partial charge in [-0.05, 0) is 42.5 Å². The third kappa shape index (κ3) is 5.10. The second kappa shape index (κ2) is 7.52. The van der Waals surface area contributed by atoms with Crippen molar-refractivity contribution in [3.05, 3.63) is 48.0 Å². The lowest BCUT2D eigenvalue weighted by molar-refractivity contribution is -0.138. The van der Waals surface area contributed by atoms with E-state index in [-0.39, 0.29) is 28.0 Å². The van der Waals surface area contributed by atoms with Crippen LogP contribution in [-0.4, -0.2) is 20.1 Å². The number of ether oxygens (including phenoxy) is 1. The first-order valence-electron chi connectivity index (χ1n) is 6.91. The van der Waals surface area contributed by atoms with E-state index < -0.39 is 27.5 Å². The standard InChI is InChI=1S/C15H13ClF3N3O3S/c16-8-14(20)22-9-1-6-13(12(7-9)15(17,18)19)25-10-2-4-11(5-3-10)26(21,23)24/h1-7H,8H2,(H2,20,22)(H2,21,23,24). The van der Waals surface area contributed by atoms with Crippen LogP contribution in [0.25, 0.3) is 0 Å². The van der Waals surface area contributed by atoms with E-state index in [4.69, 9.17) is 27.2 Å². The fourth-order valence-electron chi connectivity index (χ4n) is 1.92. The summed E-state index contributed by atoms with van der Waals surface area (Å²) >= 11 is 5.46. The highest BCUT2D eigenvalue weighted by Crippen LogP contribution is 2.40. The summed E-state index contributed by atoms with van der Waals surface area (Å²) in [6.45, 7) is 0. The first-order valence-corrected chi connectivity index (χ1v) is 9.00. The molecule has 11 heteroatoms. The average Bonchev–Trinajstić information content (AvgIpc) is 2.55. The maximum Gasteiger partial charge on any atom is 0.420 e. The summed E-state index contributed by atoms with van der Waals surface area (Å²) < 4.78 is 67.5. The fraction of sp³-hybridized carbons (Fsp3) is 0.133. The van der Waals surface area contributed by atoms with Gasteiger partial charge in [0.25, 0.3) is 0 Å². The largest absolute Gasteiger partial charge is 0.457 e. The number of primary sulfonamides is 1. The minimum absolute atomic E-state index is 0.000534. The van der Waals surface area contributed by atoms with Gasteiger partial charge in [-0.15, -0.1) is 11.6 Å². The third-order valence-corrected chi connectivity index (χ3v) is 4.26. The molecule has 0 saturated carbocycles. The molecule has 0 aromatic heterocycles. The molecule has 0 spiro atoms. The molecule has 140 valence electrons. The Morgan fingerprint density at radius 3 is 2.27 bits per heavy atom. The van der Waals surface area contributed by atoms with Crippen molar-refractivity contribution in [2.45, 2.75) is 11.1 Å². The topological polar surface area (TPSA) is 108 Å². The van der Waals surface area contributed by atoms with Crippen molar-refractivity contribution < 1.29 is 26.3 Å². The number of hydrogen-bond acceptors (Lipinski definition) is 4. The van der Waals surface area contributed by atoms with Crippen molar-refractivity contribution in [1.82, 2.24) is 0 Å². The van der Waals surface area contributed by atoms with E-state index in [0.29, 0.717) is 0 Å². The molecule has 2 rings (SSSR count). The molecule has 0 aliphatic heterocycles. The molecule has 0 fully saturated rings. The van der Waals surface area contributed by atoms with E-state index in [9.17, 15) is 21.6 Å². The zero-order chi connectivity index (χ0) is 19.5. The summed E-state index contributed by atoms with van der Waals surface area (Å²) in [5.74, 6) is -0.647. The van der Waals surface area contributed by atoms with E-state index in [1.165, 1.54) is 18.2 Å². The summed E-state index contributed by atoms with van der Waals surface area (Å²) in [5.41, 5.74) is 4.31. The summed E-state index contributed by atoms with van der Waals surface area (Å²) in [6, 6.07) is 7.76. The smallest absolute Gasteiger partial charge is 0.420 e. The van der Waals surface area contributed by atoms with Gasteiger partial charge >= 0.3 is 6.18 Å². The van der Waals surface area contributed by atoms with Crippen LogP contribution in [0.3, 0.4) is 0 Å². The molecule has 2 aromatic carbocycles. The van der Waals surface area contributed by atoms with Crippen LogP contribution < -0.4 is 15.6 Å². The number of nitrogens with zero attached hydrogens (tertiary/aromatic N) is 1. The van der Waals surface area contributed by atoms with Gasteiger partial charge in [-0.25, -0.2) is 18.5 Å². The van der Waals surface area contributed by atoms with E-state index in [2.05, 4.69) is 4.99 Å². The molecule has 0 aliphatic rings. The second-order valence-electron chi connectivity index (χ2n) is 5.03. The zero-order valence-electron chi connectivity index (χ0n) is 13.0. The minimum atomic E-state index is -4.71. The number of rotatable bonds is 5. The van der Waals surface area contributed by atoms with Gasteiger partial charge in [0.05, 0.1) is 16.5 Å². The van der Waals surface area contributed by atoms with Crippen LogP contribution in [0.1, 0.15) is 5.56 Å². The van der Waals surface area contributed by atoms with Crippen molar-refractivity contribution in [3.8, 4) is 11.5 Å². The Bertz CT molecular complexity index is 929. The molecule has 0 atom stereocenters. The van der Waals surface area contributed by atoms with Gasteiger partial charge in [-0.3, -0.25) is 0 Å². The van der Waals surface area contributed by atoms with Crippen LogP contribution >= 0.6 is 11.6 Å². The summed E-state index contributed by atoms with van der Waals surface area (Å²) in [6.07, 6.45) is -4.71. The molecular weight excluding hydrogens is 395 g/mol. The van der Waals surface area contributed by atoms with Gasteiger partial charge in [0.1, 0.15) is 22.9 Å². The van der Waals surface area contributed by atoms with Gasteiger partial charge in [0, 0.05) is 0 Å². The number of benzene rings is 2. The van der Waals surface area contributed by atoms with Crippen LogP contribution in [0.2, 0.25) is 0 Å². The highest BCUT2D eigenvalue weighted by Gasteiger charge is 2.35. The number of hydrogen-bond donors (Lipinski definition) is 2. The third-order valence-electron chi connectivity index (χ3n) is 3.06. The van der Waals surface area contributed by atoms with Gasteiger partial charge < -0.3 is 10.5 Å². The Morgan fingerprint density at radius 1 is 1.15 bits per heavy atom. The van der Waals surface area contributed by atoms with Crippen LogP contribution in [0.4, 0.5) is 18.9 Å². The lowest BCUT2D eigenvalue weighted by Gasteiger charge is -2.14. The maximum absolute atomic E-state index is 13.3. The Labute approximate surface area is 152 Å². The molecule has 0 radical (unpaired) electrons. The van der Waals surface area contributed by atoms with E-state index >= 15 is 0 Å². The lowest BCUT2D eigenvalue weighted by Crippen LogP contribution is -2.12. The number of alkyl halides is 4. The summed E-state index contributed by atoms with van der Waals surface area (Å²) in [7, 11) is -3.92. The molecular formula is C15H13ClF3N3O3S. The van der Waals surface area contributed by atoms with Crippen LogP contribution in [-0.2, 0) is 16.2 Å². The molecule has 0 aliphatic carbocycles. The molecule has 0 saturated heterocycles. The maximum atomic E-state index is 13.3. The summed E-state index contributed by atoms with van der Waals surface area (Å²) in [5, 5.41) is 4.96. The van der Waals surface area contributed by atoms with Crippen molar-refractivity contribution in [3.63, 3.8) is 0 Å². The van der Waals surface area contributed by atoms with Crippen molar-refractivity contribution in [1.29, 1.82) is 0 Å². The van der Waals surface area contributed by atoms with Crippen LogP contribution in [0.15, 0.2) is 52.4 Å². The van der Waals surface area contributed by atoms with Gasteiger partial charge in [0.15, 0.2) is 0 Å². The quantitative estimate of drug-likeness (QED) is 0.450. The van der Waals surface area contributed by atoms with Gasteiger partial charge in [0.2, 0.25) is 10.0 Å². The van der Waals surface area contributed by atoms with Crippen LogP contribution in [0, 0.1) is 0 Å². The Hall–Kier alpha value is -2.30. The van der Waals surface area contributed by atoms with E-state index in [1.54, 1.807) is 0 Å². The van der Waals surface area contributed by atoms with Gasteiger partial charge in [-0.1, -0.05) is 0 Å². The van der Waals surface area contributed by atoms with Crippen LogP contribution in [0.5, 0.6) is 11.5 Å². The number of sulfonamides is 1. The molecule has 26 heavy (non-hydrogen) atoms.